The maximum atomic E-state index is 10.8. The van der Waals surface area contributed by atoms with Crippen LogP contribution in [0.25, 0.3) is 12.2 Å². The molecule has 25 heavy (non-hydrogen) atoms. The van der Waals surface area contributed by atoms with Crippen LogP contribution in [0.1, 0.15) is 77.3 Å². The van der Waals surface area contributed by atoms with Crippen LogP contribution in [0.2, 0.25) is 0 Å². The molecule has 2 amide bonds. The number of nitrogens with one attached hydrogen (secondary N) is 1. The van der Waals surface area contributed by atoms with Gasteiger partial charge in [0.05, 0.1) is 11.4 Å². The molecular formula is C20H35N3O2. The van der Waals surface area contributed by atoms with Gasteiger partial charge in [-0.25, -0.2) is 0 Å². The molecule has 1 N–H and O–H groups in total. The van der Waals surface area contributed by atoms with Gasteiger partial charge in [-0.3, -0.25) is 19.6 Å². The lowest BCUT2D eigenvalue weighted by Crippen LogP contribution is -2.29. The Labute approximate surface area is 153 Å². The van der Waals surface area contributed by atoms with E-state index in [0.717, 1.165) is 29.8 Å². The second-order valence-electron chi connectivity index (χ2n) is 5.18. The zero-order valence-corrected chi connectivity index (χ0v) is 17.0. The molecule has 0 bridgehead atoms. The molecule has 0 aliphatic heterocycles. The highest BCUT2D eigenvalue weighted by molar-refractivity contribution is 5.95. The Hall–Kier alpha value is -2.17. The first-order chi connectivity index (χ1) is 11.9. The van der Waals surface area contributed by atoms with Crippen molar-refractivity contribution in [1.82, 2.24) is 15.1 Å². The zero-order chi connectivity index (χ0) is 19.8. The molecule has 0 saturated heterocycles. The van der Waals surface area contributed by atoms with Gasteiger partial charge in [0.2, 0.25) is 11.8 Å². The van der Waals surface area contributed by atoms with Crippen LogP contribution >= 0.6 is 0 Å². The molecule has 0 spiro atoms. The van der Waals surface area contributed by atoms with Crippen molar-refractivity contribution >= 4 is 24.0 Å². The molecule has 142 valence electrons. The number of imide groups is 1. The van der Waals surface area contributed by atoms with Gasteiger partial charge in [-0.15, -0.1) is 0 Å². The molecule has 0 aromatic carbocycles. The highest BCUT2D eigenvalue weighted by Gasteiger charge is 2.06. The number of rotatable bonds is 6. The Bertz CT molecular complexity index is 542. The second kappa shape index (κ2) is 15.4. The lowest BCUT2D eigenvalue weighted by atomic mass is 10.2. The zero-order valence-electron chi connectivity index (χ0n) is 17.0. The number of hydrogen-bond donors (Lipinski definition) is 1. The van der Waals surface area contributed by atoms with E-state index in [0.29, 0.717) is 12.8 Å². The summed E-state index contributed by atoms with van der Waals surface area (Å²) in [5.74, 6) is -0.322. The van der Waals surface area contributed by atoms with Crippen molar-refractivity contribution in [3.8, 4) is 0 Å². The van der Waals surface area contributed by atoms with Crippen molar-refractivity contribution in [3.63, 3.8) is 0 Å². The first kappa shape index (κ1) is 25.1. The minimum Gasteiger partial charge on any atom is -0.296 e. The highest BCUT2D eigenvalue weighted by atomic mass is 16.2. The fourth-order valence-corrected chi connectivity index (χ4v) is 2.04. The number of nitrogens with zero attached hydrogens (tertiary/aromatic N) is 2. The molecule has 1 heterocycles. The summed E-state index contributed by atoms with van der Waals surface area (Å²) in [7, 11) is 1.93. The molecule has 1 aromatic heterocycles. The van der Waals surface area contributed by atoms with Gasteiger partial charge in [-0.05, 0) is 32.8 Å². The standard InChI is InChI=1S/C10H14N2.C8H15NO2.C2H6/c1-5-7-9-8(3)11-12(4)10(9)6-2;1-3-5-7(10)9-8(11)6-4-2;1-2/h5-7H,2H2,1,3-4H3;3-6H2,1-2H3,(H,9,10,11);1-2H3/b7-5-;;. The summed E-state index contributed by atoms with van der Waals surface area (Å²) >= 11 is 0. The number of allylic oxidation sites excluding steroid dienone is 1. The van der Waals surface area contributed by atoms with Crippen LogP contribution in [-0.2, 0) is 16.6 Å². The van der Waals surface area contributed by atoms with Crippen molar-refractivity contribution in [1.29, 1.82) is 0 Å². The molecular weight excluding hydrogens is 314 g/mol. The van der Waals surface area contributed by atoms with Crippen LogP contribution in [0.3, 0.4) is 0 Å². The van der Waals surface area contributed by atoms with E-state index in [1.807, 2.05) is 65.4 Å². The van der Waals surface area contributed by atoms with E-state index in [-0.39, 0.29) is 11.8 Å². The van der Waals surface area contributed by atoms with E-state index < -0.39 is 0 Å². The molecule has 1 aromatic rings. The number of amides is 2. The Balaban J connectivity index is 0. The van der Waals surface area contributed by atoms with Crippen LogP contribution in [0, 0.1) is 6.92 Å². The quantitative estimate of drug-likeness (QED) is 0.812. The van der Waals surface area contributed by atoms with E-state index >= 15 is 0 Å². The van der Waals surface area contributed by atoms with E-state index in [4.69, 9.17) is 0 Å². The van der Waals surface area contributed by atoms with Crippen molar-refractivity contribution < 1.29 is 9.59 Å². The third kappa shape index (κ3) is 10.3. The topological polar surface area (TPSA) is 64.0 Å². The minimum absolute atomic E-state index is 0.161. The first-order valence-corrected chi connectivity index (χ1v) is 9.02. The number of carbonyl (C=O) groups excluding carboxylic acids is 2. The summed E-state index contributed by atoms with van der Waals surface area (Å²) in [5, 5.41) is 6.60. The molecule has 1 rings (SSSR count). The summed E-state index contributed by atoms with van der Waals surface area (Å²) < 4.78 is 1.84. The molecule has 0 unspecified atom stereocenters. The van der Waals surface area contributed by atoms with Gasteiger partial charge in [-0.2, -0.15) is 5.10 Å². The average Bonchev–Trinajstić information content (AvgIpc) is 2.84. The van der Waals surface area contributed by atoms with Crippen molar-refractivity contribution in [2.24, 2.45) is 7.05 Å². The third-order valence-electron chi connectivity index (χ3n) is 3.07. The van der Waals surface area contributed by atoms with Gasteiger partial charge in [0.15, 0.2) is 0 Å². The number of aromatic nitrogens is 2. The maximum Gasteiger partial charge on any atom is 0.226 e. The molecule has 0 saturated carbocycles. The highest BCUT2D eigenvalue weighted by Crippen LogP contribution is 2.15. The fraction of sp³-hybridized carbons (Fsp3) is 0.550. The Kier molecular flexibility index (Phi) is 15.4. The molecule has 5 heteroatoms. The van der Waals surface area contributed by atoms with Crippen LogP contribution in [-0.4, -0.2) is 21.6 Å². The van der Waals surface area contributed by atoms with Gasteiger partial charge in [0, 0.05) is 25.5 Å². The van der Waals surface area contributed by atoms with Gasteiger partial charge in [-0.1, -0.05) is 46.4 Å². The van der Waals surface area contributed by atoms with Crippen LogP contribution in [0.4, 0.5) is 0 Å². The largest absolute Gasteiger partial charge is 0.296 e. The molecule has 5 nitrogen and oxygen atoms in total. The van der Waals surface area contributed by atoms with E-state index in [1.165, 1.54) is 0 Å². The lowest BCUT2D eigenvalue weighted by Gasteiger charge is -1.99. The molecule has 0 aliphatic carbocycles. The van der Waals surface area contributed by atoms with Crippen molar-refractivity contribution in [2.75, 3.05) is 0 Å². The SMILES string of the molecule is C=Cc1c(/C=C\C)c(C)nn1C.CC.CCCC(=O)NC(=O)CCC. The van der Waals surface area contributed by atoms with Gasteiger partial charge in [0.25, 0.3) is 0 Å². The Morgan fingerprint density at radius 1 is 1.16 bits per heavy atom. The van der Waals surface area contributed by atoms with Crippen molar-refractivity contribution in [3.05, 3.63) is 29.6 Å². The molecule has 0 aliphatic rings. The second-order valence-corrected chi connectivity index (χ2v) is 5.18. The minimum atomic E-state index is -0.161. The van der Waals surface area contributed by atoms with E-state index in [2.05, 4.69) is 23.1 Å². The maximum absolute atomic E-state index is 10.8. The average molecular weight is 350 g/mol. The third-order valence-corrected chi connectivity index (χ3v) is 3.07. The van der Waals surface area contributed by atoms with Crippen LogP contribution < -0.4 is 5.32 Å². The van der Waals surface area contributed by atoms with E-state index in [1.54, 1.807) is 0 Å². The summed E-state index contributed by atoms with van der Waals surface area (Å²) in [4.78, 5) is 21.6. The summed E-state index contributed by atoms with van der Waals surface area (Å²) in [6, 6.07) is 0. The fourth-order valence-electron chi connectivity index (χ4n) is 2.04. The lowest BCUT2D eigenvalue weighted by molar-refractivity contribution is -0.130. The van der Waals surface area contributed by atoms with Gasteiger partial charge in [0.1, 0.15) is 0 Å². The van der Waals surface area contributed by atoms with Crippen LogP contribution in [0.5, 0.6) is 0 Å². The molecule has 0 radical (unpaired) electrons. The van der Waals surface area contributed by atoms with Gasteiger partial charge < -0.3 is 0 Å². The van der Waals surface area contributed by atoms with Crippen molar-refractivity contribution in [2.45, 2.75) is 67.2 Å². The normalized spacial score (nSPS) is 9.56. The smallest absolute Gasteiger partial charge is 0.226 e. The Morgan fingerprint density at radius 3 is 2.00 bits per heavy atom. The number of hydrogen-bond acceptors (Lipinski definition) is 3. The predicted molar refractivity (Wildman–Crippen MR) is 107 cm³/mol. The monoisotopic (exact) mass is 349 g/mol. The predicted octanol–water partition coefficient (Wildman–Crippen LogP) is 4.66. The van der Waals surface area contributed by atoms with E-state index in [9.17, 15) is 9.59 Å². The summed E-state index contributed by atoms with van der Waals surface area (Å²) in [6.07, 6.45) is 8.34. The summed E-state index contributed by atoms with van der Waals surface area (Å²) in [6.45, 7) is 15.6. The molecule has 0 atom stereocenters. The Morgan fingerprint density at radius 2 is 1.64 bits per heavy atom. The molecule has 0 fully saturated rings. The van der Waals surface area contributed by atoms with Gasteiger partial charge >= 0.3 is 0 Å². The number of aryl methyl sites for hydroxylation is 2. The number of carbonyl (C=O) groups is 2. The first-order valence-electron chi connectivity index (χ1n) is 9.02. The summed E-state index contributed by atoms with van der Waals surface area (Å²) in [5.41, 5.74) is 3.28. The van der Waals surface area contributed by atoms with Crippen LogP contribution in [0.15, 0.2) is 12.7 Å².